The number of carbonyl (C=O) groups excluding carboxylic acids is 1. The summed E-state index contributed by atoms with van der Waals surface area (Å²) in [6.07, 6.45) is 0. The zero-order valence-electron chi connectivity index (χ0n) is 10.1. The van der Waals surface area contributed by atoms with Crippen LogP contribution in [0.4, 0.5) is 0 Å². The summed E-state index contributed by atoms with van der Waals surface area (Å²) >= 11 is 0. The van der Waals surface area contributed by atoms with Crippen molar-refractivity contribution < 1.29 is 4.79 Å². The number of amides is 1. The minimum absolute atomic E-state index is 0. The van der Waals surface area contributed by atoms with E-state index in [1.54, 1.807) is 29.7 Å². The van der Waals surface area contributed by atoms with E-state index in [0.717, 1.165) is 12.2 Å². The molecule has 0 atom stereocenters. The molecule has 0 aliphatic rings. The fourth-order valence-corrected chi connectivity index (χ4v) is 1.39. The van der Waals surface area contributed by atoms with Crippen LogP contribution in [0.25, 0.3) is 0 Å². The molecule has 0 spiro atoms. The Balaban J connectivity index is 0.00000225. The Morgan fingerprint density at radius 2 is 2.25 bits per heavy atom. The van der Waals surface area contributed by atoms with E-state index < -0.39 is 0 Å². The first-order valence-corrected chi connectivity index (χ1v) is 4.97. The van der Waals surface area contributed by atoms with Gasteiger partial charge in [-0.05, 0) is 20.0 Å². The van der Waals surface area contributed by atoms with Crippen LogP contribution in [0.5, 0.6) is 0 Å². The maximum absolute atomic E-state index is 11.9. The van der Waals surface area contributed by atoms with Gasteiger partial charge in [-0.15, -0.1) is 12.4 Å². The fourth-order valence-electron chi connectivity index (χ4n) is 1.39. The quantitative estimate of drug-likeness (QED) is 0.839. The second-order valence-electron chi connectivity index (χ2n) is 3.62. The number of likely N-dealkylation sites (N-methyl/N-ethyl adjacent to an activating group) is 2. The Bertz CT molecular complexity index is 351. The minimum atomic E-state index is 0. The largest absolute Gasteiger partial charge is 0.339 e. The van der Waals surface area contributed by atoms with Crippen molar-refractivity contribution in [2.45, 2.75) is 6.92 Å². The average Bonchev–Trinajstić information content (AvgIpc) is 2.53. The fraction of sp³-hybridized carbons (Fsp3) is 0.600. The van der Waals surface area contributed by atoms with Crippen LogP contribution >= 0.6 is 12.4 Å². The number of aryl methyl sites for hydroxylation is 2. The van der Waals surface area contributed by atoms with Crippen molar-refractivity contribution in [1.29, 1.82) is 0 Å². The van der Waals surface area contributed by atoms with Gasteiger partial charge in [-0.1, -0.05) is 0 Å². The van der Waals surface area contributed by atoms with Gasteiger partial charge in [-0.25, -0.2) is 0 Å². The van der Waals surface area contributed by atoms with Gasteiger partial charge in [0.25, 0.3) is 5.91 Å². The topological polar surface area (TPSA) is 50.2 Å². The van der Waals surface area contributed by atoms with Crippen LogP contribution in [0, 0.1) is 6.92 Å². The van der Waals surface area contributed by atoms with Gasteiger partial charge in [-0.3, -0.25) is 9.48 Å². The maximum Gasteiger partial charge on any atom is 0.271 e. The average molecular weight is 247 g/mol. The molecule has 1 rings (SSSR count). The molecule has 0 aromatic carbocycles. The third kappa shape index (κ3) is 3.50. The molecule has 0 saturated heterocycles. The van der Waals surface area contributed by atoms with Gasteiger partial charge in [0.05, 0.1) is 5.69 Å². The first-order valence-electron chi connectivity index (χ1n) is 4.97. The molecule has 1 N–H and O–H groups in total. The van der Waals surface area contributed by atoms with E-state index in [1.165, 1.54) is 0 Å². The van der Waals surface area contributed by atoms with Crippen molar-refractivity contribution in [2.24, 2.45) is 7.05 Å². The highest BCUT2D eigenvalue weighted by molar-refractivity contribution is 5.92. The van der Waals surface area contributed by atoms with E-state index >= 15 is 0 Å². The lowest BCUT2D eigenvalue weighted by Gasteiger charge is -2.16. The van der Waals surface area contributed by atoms with Crippen LogP contribution < -0.4 is 5.32 Å². The summed E-state index contributed by atoms with van der Waals surface area (Å²) in [4.78, 5) is 13.6. The second-order valence-corrected chi connectivity index (χ2v) is 3.62. The molecule has 0 fully saturated rings. The van der Waals surface area contributed by atoms with Gasteiger partial charge < -0.3 is 10.2 Å². The molecule has 0 unspecified atom stereocenters. The smallest absolute Gasteiger partial charge is 0.271 e. The molecule has 0 bridgehead atoms. The van der Waals surface area contributed by atoms with Gasteiger partial charge >= 0.3 is 0 Å². The number of aromatic nitrogens is 2. The minimum Gasteiger partial charge on any atom is -0.339 e. The molecule has 0 saturated carbocycles. The number of halogens is 1. The maximum atomic E-state index is 11.9. The molecule has 0 radical (unpaired) electrons. The van der Waals surface area contributed by atoms with Crippen molar-refractivity contribution >= 4 is 18.3 Å². The second kappa shape index (κ2) is 6.50. The Kier molecular flexibility index (Phi) is 6.06. The van der Waals surface area contributed by atoms with Crippen molar-refractivity contribution in [1.82, 2.24) is 20.0 Å². The zero-order chi connectivity index (χ0) is 11.4. The molecule has 16 heavy (non-hydrogen) atoms. The molecule has 0 aliphatic heterocycles. The molecular weight excluding hydrogens is 228 g/mol. The summed E-state index contributed by atoms with van der Waals surface area (Å²) in [5.74, 6) is 0.00773. The van der Waals surface area contributed by atoms with E-state index in [2.05, 4.69) is 10.4 Å². The van der Waals surface area contributed by atoms with Gasteiger partial charge in [0, 0.05) is 27.2 Å². The van der Waals surface area contributed by atoms with Crippen LogP contribution in [-0.2, 0) is 7.05 Å². The van der Waals surface area contributed by atoms with Crippen LogP contribution in [0.3, 0.4) is 0 Å². The standard InChI is InChI=1S/C10H18N4O.ClH/c1-8-7-9(14(4)12-8)10(15)13(3)6-5-11-2;/h7,11H,5-6H2,1-4H3;1H. The number of carbonyl (C=O) groups is 1. The number of nitrogens with one attached hydrogen (secondary N) is 1. The third-order valence-corrected chi connectivity index (χ3v) is 2.27. The molecule has 1 aromatic heterocycles. The van der Waals surface area contributed by atoms with E-state index in [-0.39, 0.29) is 18.3 Å². The third-order valence-electron chi connectivity index (χ3n) is 2.27. The molecule has 1 heterocycles. The lowest BCUT2D eigenvalue weighted by molar-refractivity contribution is 0.0786. The van der Waals surface area contributed by atoms with Crippen LogP contribution in [0.2, 0.25) is 0 Å². The molecule has 92 valence electrons. The summed E-state index contributed by atoms with van der Waals surface area (Å²) in [5.41, 5.74) is 1.49. The van der Waals surface area contributed by atoms with Gasteiger partial charge in [0.2, 0.25) is 0 Å². The Hall–Kier alpha value is -1.07. The molecule has 6 heteroatoms. The first-order chi connectivity index (χ1) is 7.06. The Morgan fingerprint density at radius 3 is 2.69 bits per heavy atom. The zero-order valence-corrected chi connectivity index (χ0v) is 11.0. The highest BCUT2D eigenvalue weighted by Gasteiger charge is 2.15. The normalized spacial score (nSPS) is 9.75. The van der Waals surface area contributed by atoms with E-state index in [4.69, 9.17) is 0 Å². The Morgan fingerprint density at radius 1 is 1.62 bits per heavy atom. The summed E-state index contributed by atoms with van der Waals surface area (Å²) in [6, 6.07) is 1.80. The van der Waals surface area contributed by atoms with Crippen LogP contribution in [0.1, 0.15) is 16.2 Å². The molecular formula is C10H19ClN4O. The van der Waals surface area contributed by atoms with E-state index in [9.17, 15) is 4.79 Å². The van der Waals surface area contributed by atoms with Crippen LogP contribution in [-0.4, -0.2) is 47.8 Å². The molecule has 1 amide bonds. The van der Waals surface area contributed by atoms with Crippen molar-refractivity contribution in [2.75, 3.05) is 27.2 Å². The highest BCUT2D eigenvalue weighted by Crippen LogP contribution is 2.04. The number of rotatable bonds is 4. The molecule has 1 aromatic rings. The van der Waals surface area contributed by atoms with Crippen LogP contribution in [0.15, 0.2) is 6.07 Å². The number of nitrogens with zero attached hydrogens (tertiary/aromatic N) is 3. The predicted molar refractivity (Wildman–Crippen MR) is 66.1 cm³/mol. The number of hydrogen-bond acceptors (Lipinski definition) is 3. The summed E-state index contributed by atoms with van der Waals surface area (Å²) < 4.78 is 1.62. The molecule has 5 nitrogen and oxygen atoms in total. The first kappa shape index (κ1) is 14.9. The van der Waals surface area contributed by atoms with Gasteiger partial charge in [0.15, 0.2) is 0 Å². The van der Waals surface area contributed by atoms with Crippen molar-refractivity contribution in [3.8, 4) is 0 Å². The summed E-state index contributed by atoms with van der Waals surface area (Å²) in [5, 5.41) is 7.16. The van der Waals surface area contributed by atoms with Gasteiger partial charge in [-0.2, -0.15) is 5.10 Å². The number of hydrogen-bond donors (Lipinski definition) is 1. The van der Waals surface area contributed by atoms with E-state index in [1.807, 2.05) is 14.0 Å². The monoisotopic (exact) mass is 246 g/mol. The van der Waals surface area contributed by atoms with Crippen molar-refractivity contribution in [3.63, 3.8) is 0 Å². The SMILES string of the molecule is CNCCN(C)C(=O)c1cc(C)nn1C.Cl. The van der Waals surface area contributed by atoms with E-state index in [0.29, 0.717) is 12.2 Å². The highest BCUT2D eigenvalue weighted by atomic mass is 35.5. The Labute approximate surface area is 102 Å². The summed E-state index contributed by atoms with van der Waals surface area (Å²) in [7, 11) is 5.45. The van der Waals surface area contributed by atoms with Gasteiger partial charge in [0.1, 0.15) is 5.69 Å². The summed E-state index contributed by atoms with van der Waals surface area (Å²) in [6.45, 7) is 3.36. The predicted octanol–water partition coefficient (Wildman–Crippen LogP) is 0.442. The lowest BCUT2D eigenvalue weighted by atomic mass is 10.3. The van der Waals surface area contributed by atoms with Crippen molar-refractivity contribution in [3.05, 3.63) is 17.5 Å². The molecule has 0 aliphatic carbocycles. The lowest BCUT2D eigenvalue weighted by Crippen LogP contribution is -2.33.